The molecule has 37 heavy (non-hydrogen) atoms. The van der Waals surface area contributed by atoms with Gasteiger partial charge in [-0.3, -0.25) is 4.79 Å². The van der Waals surface area contributed by atoms with Gasteiger partial charge in [0.1, 0.15) is 5.82 Å². The summed E-state index contributed by atoms with van der Waals surface area (Å²) in [5.41, 5.74) is 6.19. The maximum Gasteiger partial charge on any atom is 0.155 e. The van der Waals surface area contributed by atoms with E-state index in [0.29, 0.717) is 0 Å². The van der Waals surface area contributed by atoms with Crippen LogP contribution in [0.25, 0.3) is 43.9 Å². The molecule has 0 saturated heterocycles. The van der Waals surface area contributed by atoms with Crippen molar-refractivity contribution < 1.29 is 34.4 Å². The molecule has 0 atom stereocenters. The zero-order valence-electron chi connectivity index (χ0n) is 21.1. The van der Waals surface area contributed by atoms with E-state index in [4.69, 9.17) is 10.1 Å². The summed E-state index contributed by atoms with van der Waals surface area (Å²) < 4.78 is 14.2. The number of hydrogen-bond donors (Lipinski definition) is 1. The minimum absolute atomic E-state index is 0. The fraction of sp³-hybridized carbons (Fsp3) is 0.125. The summed E-state index contributed by atoms with van der Waals surface area (Å²) in [6, 6.07) is 27.0. The first-order valence-corrected chi connectivity index (χ1v) is 11.7. The molecule has 1 N–H and O–H groups in total. The van der Waals surface area contributed by atoms with E-state index in [9.17, 15) is 9.18 Å². The fourth-order valence-electron chi connectivity index (χ4n) is 4.45. The number of fused-ring (bicyclic) bond motifs is 3. The molecule has 0 aliphatic rings. The van der Waals surface area contributed by atoms with Gasteiger partial charge in [-0.2, -0.15) is 0 Å². The Morgan fingerprint density at radius 1 is 0.946 bits per heavy atom. The Labute approximate surface area is 230 Å². The SMILES string of the molecule is CC(=O)/C=C(/C)O.Cc1[c-]c(-c2nccc3cc(-c4ccccc4)c4cc(F)ccc4c23)cc(C)c1.[Ir]. The molecular formula is C32H27FIrNO2-. The van der Waals surface area contributed by atoms with Crippen LogP contribution in [-0.4, -0.2) is 15.9 Å². The third kappa shape index (κ3) is 6.56. The second-order valence-corrected chi connectivity index (χ2v) is 8.89. The van der Waals surface area contributed by atoms with Gasteiger partial charge >= 0.3 is 0 Å². The standard InChI is InChI=1S/C27H19FN.C5H8O2.Ir/c1-17-12-18(2)14-21(13-17)27-26-20(10-11-29-27)15-24(19-6-4-3-5-7-19)25-16-22(28)8-9-23(25)26;1-4(6)3-5(2)7;/h3-13,15-16H,1-2H3;3,6H,1-2H3;/q-1;;/b;4-3-;. The van der Waals surface area contributed by atoms with Crippen LogP contribution in [0.1, 0.15) is 25.0 Å². The number of aliphatic hydroxyl groups excluding tert-OH is 1. The second-order valence-electron chi connectivity index (χ2n) is 8.89. The minimum Gasteiger partial charge on any atom is -0.512 e. The molecule has 189 valence electrons. The summed E-state index contributed by atoms with van der Waals surface area (Å²) in [6.45, 7) is 6.97. The summed E-state index contributed by atoms with van der Waals surface area (Å²) in [7, 11) is 0. The molecule has 1 radical (unpaired) electrons. The average molecular weight is 669 g/mol. The van der Waals surface area contributed by atoms with Crippen molar-refractivity contribution >= 4 is 27.3 Å². The predicted molar refractivity (Wildman–Crippen MR) is 145 cm³/mol. The van der Waals surface area contributed by atoms with Crippen molar-refractivity contribution in [3.8, 4) is 22.4 Å². The van der Waals surface area contributed by atoms with E-state index in [0.717, 1.165) is 49.5 Å². The van der Waals surface area contributed by atoms with Crippen molar-refractivity contribution in [1.82, 2.24) is 4.98 Å². The molecule has 0 amide bonds. The maximum atomic E-state index is 14.2. The predicted octanol–water partition coefficient (Wildman–Crippen LogP) is 8.31. The van der Waals surface area contributed by atoms with Gasteiger partial charge in [-0.1, -0.05) is 50.2 Å². The fourth-order valence-corrected chi connectivity index (χ4v) is 4.45. The monoisotopic (exact) mass is 669 g/mol. The van der Waals surface area contributed by atoms with Crippen LogP contribution < -0.4 is 0 Å². The molecule has 0 spiro atoms. The molecule has 1 aromatic heterocycles. The molecule has 0 bridgehead atoms. The van der Waals surface area contributed by atoms with Crippen LogP contribution in [-0.2, 0) is 24.9 Å². The quantitative estimate of drug-likeness (QED) is 0.0911. The summed E-state index contributed by atoms with van der Waals surface area (Å²) in [6.07, 6.45) is 3.01. The Morgan fingerprint density at radius 2 is 1.68 bits per heavy atom. The molecule has 0 unspecified atom stereocenters. The van der Waals surface area contributed by atoms with Crippen LogP contribution in [0.3, 0.4) is 0 Å². The van der Waals surface area contributed by atoms with Gasteiger partial charge in [-0.25, -0.2) is 4.39 Å². The molecular weight excluding hydrogens is 642 g/mol. The molecule has 1 heterocycles. The third-order valence-corrected chi connectivity index (χ3v) is 5.72. The molecule has 5 rings (SSSR count). The number of carbonyl (C=O) groups excluding carboxylic acids is 1. The van der Waals surface area contributed by atoms with Crippen LogP contribution in [0, 0.1) is 25.7 Å². The van der Waals surface area contributed by atoms with Gasteiger partial charge in [0.05, 0.1) is 5.76 Å². The Kier molecular flexibility index (Phi) is 9.09. The van der Waals surface area contributed by atoms with Crippen molar-refractivity contribution in [2.45, 2.75) is 27.7 Å². The molecule has 0 fully saturated rings. The van der Waals surface area contributed by atoms with Crippen molar-refractivity contribution in [3.63, 3.8) is 0 Å². The van der Waals surface area contributed by atoms with Gasteiger partial charge in [0.2, 0.25) is 0 Å². The summed E-state index contributed by atoms with van der Waals surface area (Å²) in [4.78, 5) is 14.7. The Bertz CT molecular complexity index is 1590. The second kappa shape index (κ2) is 12.1. The summed E-state index contributed by atoms with van der Waals surface area (Å²) in [5.74, 6) is -0.301. The van der Waals surface area contributed by atoms with Crippen LogP contribution in [0.2, 0.25) is 0 Å². The van der Waals surface area contributed by atoms with Crippen LogP contribution in [0.5, 0.6) is 0 Å². The number of carbonyl (C=O) groups is 1. The van der Waals surface area contributed by atoms with Gasteiger partial charge in [-0.15, -0.1) is 34.9 Å². The average Bonchev–Trinajstić information content (AvgIpc) is 2.82. The van der Waals surface area contributed by atoms with E-state index in [1.54, 1.807) is 6.07 Å². The zero-order chi connectivity index (χ0) is 25.8. The first kappa shape index (κ1) is 27.9. The van der Waals surface area contributed by atoms with Gasteiger partial charge < -0.3 is 10.1 Å². The zero-order valence-corrected chi connectivity index (χ0v) is 23.5. The number of aliphatic hydroxyl groups is 1. The summed E-state index contributed by atoms with van der Waals surface area (Å²) >= 11 is 0. The van der Waals surface area contributed by atoms with E-state index in [-0.39, 0.29) is 37.5 Å². The molecule has 0 aliphatic carbocycles. The Morgan fingerprint density at radius 3 is 2.30 bits per heavy atom. The number of nitrogens with zero attached hydrogens (tertiary/aromatic N) is 1. The largest absolute Gasteiger partial charge is 0.512 e. The Hall–Kier alpha value is -3.66. The van der Waals surface area contributed by atoms with Crippen molar-refractivity contribution in [1.29, 1.82) is 0 Å². The van der Waals surface area contributed by atoms with E-state index in [1.165, 1.54) is 31.6 Å². The number of pyridine rings is 1. The molecule has 4 aromatic carbocycles. The van der Waals surface area contributed by atoms with Crippen LogP contribution >= 0.6 is 0 Å². The van der Waals surface area contributed by atoms with E-state index < -0.39 is 0 Å². The number of allylic oxidation sites excluding steroid dienone is 2. The topological polar surface area (TPSA) is 50.2 Å². The van der Waals surface area contributed by atoms with Crippen molar-refractivity contribution in [3.05, 3.63) is 114 Å². The number of aryl methyl sites for hydroxylation is 2. The van der Waals surface area contributed by atoms with Gasteiger partial charge in [0, 0.05) is 32.4 Å². The molecule has 3 nitrogen and oxygen atoms in total. The number of ketones is 1. The molecule has 0 aliphatic heterocycles. The van der Waals surface area contributed by atoms with Gasteiger partial charge in [-0.05, 0) is 76.5 Å². The van der Waals surface area contributed by atoms with Gasteiger partial charge in [0.25, 0.3) is 0 Å². The van der Waals surface area contributed by atoms with E-state index in [2.05, 4.69) is 43.3 Å². The van der Waals surface area contributed by atoms with Gasteiger partial charge in [0.15, 0.2) is 5.78 Å². The molecule has 0 saturated carbocycles. The smallest absolute Gasteiger partial charge is 0.155 e. The first-order chi connectivity index (χ1) is 17.2. The first-order valence-electron chi connectivity index (χ1n) is 11.7. The number of aromatic nitrogens is 1. The van der Waals surface area contributed by atoms with E-state index >= 15 is 0 Å². The summed E-state index contributed by atoms with van der Waals surface area (Å²) in [5, 5.41) is 12.4. The molecule has 5 heteroatoms. The van der Waals surface area contributed by atoms with Crippen LogP contribution in [0.15, 0.2) is 90.8 Å². The number of hydrogen-bond acceptors (Lipinski definition) is 3. The Balaban J connectivity index is 0.000000422. The van der Waals surface area contributed by atoms with Crippen molar-refractivity contribution in [2.75, 3.05) is 0 Å². The number of halogens is 1. The third-order valence-electron chi connectivity index (χ3n) is 5.72. The maximum absolute atomic E-state index is 14.2. The van der Waals surface area contributed by atoms with E-state index in [1.807, 2.05) is 43.5 Å². The normalized spacial score (nSPS) is 11.0. The minimum atomic E-state index is -0.238. The molecule has 5 aromatic rings. The number of rotatable bonds is 3. The van der Waals surface area contributed by atoms with Crippen molar-refractivity contribution in [2.24, 2.45) is 0 Å². The number of benzene rings is 4. The van der Waals surface area contributed by atoms with Crippen LogP contribution in [0.4, 0.5) is 4.39 Å².